The topological polar surface area (TPSA) is 38.3 Å². The number of carbonyl (C=O) groups is 1. The second-order valence-electron chi connectivity index (χ2n) is 8.42. The molecule has 3 heteroatoms. The Morgan fingerprint density at radius 2 is 1.96 bits per heavy atom. The van der Waals surface area contributed by atoms with Crippen molar-refractivity contribution in [3.8, 4) is 0 Å². The van der Waals surface area contributed by atoms with Gasteiger partial charge < -0.3 is 10.1 Å². The zero-order valence-electron chi connectivity index (χ0n) is 16.1. The lowest BCUT2D eigenvalue weighted by molar-refractivity contribution is -0.161. The molecule has 2 aromatic carbocycles. The van der Waals surface area contributed by atoms with Crippen molar-refractivity contribution in [3.05, 3.63) is 70.8 Å². The third-order valence-electron chi connectivity index (χ3n) is 7.69. The van der Waals surface area contributed by atoms with Gasteiger partial charge in [0.05, 0.1) is 12.5 Å². The zero-order valence-corrected chi connectivity index (χ0v) is 16.1. The van der Waals surface area contributed by atoms with Gasteiger partial charge in [-0.05, 0) is 41.5 Å². The second-order valence-corrected chi connectivity index (χ2v) is 8.42. The van der Waals surface area contributed by atoms with Gasteiger partial charge in [0.2, 0.25) is 0 Å². The smallest absolute Gasteiger partial charge is 0.314 e. The maximum absolute atomic E-state index is 13.2. The van der Waals surface area contributed by atoms with Crippen molar-refractivity contribution in [1.82, 2.24) is 5.32 Å². The molecular weight excluding hydrogens is 334 g/mol. The largest absolute Gasteiger partial charge is 0.469 e. The molecule has 2 aromatic rings. The van der Waals surface area contributed by atoms with Crippen LogP contribution in [0.25, 0.3) is 0 Å². The Kier molecular flexibility index (Phi) is 3.74. The molecule has 27 heavy (non-hydrogen) atoms. The van der Waals surface area contributed by atoms with Crippen molar-refractivity contribution in [2.24, 2.45) is 11.3 Å². The normalized spacial score (nSPS) is 33.4. The van der Waals surface area contributed by atoms with Gasteiger partial charge in [-0.15, -0.1) is 0 Å². The summed E-state index contributed by atoms with van der Waals surface area (Å²) in [6.45, 7) is 3.78. The SMILES string of the molecule is CCc1ccc(C23CCC(c4ccccc42)C2(C(=O)OC)CNCC32)cc1. The number of nitrogens with one attached hydrogen (secondary N) is 1. The van der Waals surface area contributed by atoms with Crippen LogP contribution in [0.1, 0.15) is 47.9 Å². The molecule has 3 nitrogen and oxygen atoms in total. The van der Waals surface area contributed by atoms with Crippen LogP contribution in [0.4, 0.5) is 0 Å². The Balaban J connectivity index is 1.79. The molecule has 2 bridgehead atoms. The van der Waals surface area contributed by atoms with Gasteiger partial charge >= 0.3 is 5.97 Å². The predicted molar refractivity (Wildman–Crippen MR) is 106 cm³/mol. The highest BCUT2D eigenvalue weighted by molar-refractivity contribution is 5.82. The Bertz CT molecular complexity index is 890. The van der Waals surface area contributed by atoms with Gasteiger partial charge in [0.15, 0.2) is 0 Å². The molecule has 1 N–H and O–H groups in total. The number of carbonyl (C=O) groups excluding carboxylic acids is 1. The standard InChI is InChI=1S/C24H27NO2/c1-3-16-8-10-17(11-9-16)23-13-12-20(18-6-4-5-7-19(18)23)24(22(26)27-2)15-25-14-21(23)24/h4-11,20-21,25H,3,12-15H2,1-2H3. The summed E-state index contributed by atoms with van der Waals surface area (Å²) in [5.41, 5.74) is 4.93. The molecule has 140 valence electrons. The maximum atomic E-state index is 13.2. The number of hydrogen-bond donors (Lipinski definition) is 1. The van der Waals surface area contributed by atoms with E-state index in [0.29, 0.717) is 0 Å². The minimum atomic E-state index is -0.454. The average Bonchev–Trinajstić information content (AvgIpc) is 3.21. The fourth-order valence-corrected chi connectivity index (χ4v) is 6.56. The van der Waals surface area contributed by atoms with Gasteiger partial charge in [0, 0.05) is 30.3 Å². The lowest BCUT2D eigenvalue weighted by Gasteiger charge is -2.59. The van der Waals surface area contributed by atoms with E-state index in [2.05, 4.69) is 60.8 Å². The van der Waals surface area contributed by atoms with Crippen molar-refractivity contribution < 1.29 is 9.53 Å². The molecule has 1 saturated heterocycles. The first kappa shape index (κ1) is 17.0. The number of methoxy groups -OCH3 is 1. The quantitative estimate of drug-likeness (QED) is 0.845. The number of ether oxygens (including phenoxy) is 1. The fraction of sp³-hybridized carbons (Fsp3) is 0.458. The molecule has 0 radical (unpaired) electrons. The Hall–Kier alpha value is -2.13. The molecule has 1 saturated carbocycles. The molecule has 4 atom stereocenters. The first-order chi connectivity index (χ1) is 13.2. The van der Waals surface area contributed by atoms with E-state index < -0.39 is 5.41 Å². The van der Waals surface area contributed by atoms with Crippen LogP contribution in [0, 0.1) is 11.3 Å². The number of esters is 1. The molecule has 6 rings (SSSR count). The first-order valence-electron chi connectivity index (χ1n) is 10.2. The highest BCUT2D eigenvalue weighted by Crippen LogP contribution is 2.67. The summed E-state index contributed by atoms with van der Waals surface area (Å²) < 4.78 is 5.40. The van der Waals surface area contributed by atoms with E-state index in [9.17, 15) is 4.79 Å². The van der Waals surface area contributed by atoms with Crippen LogP contribution in [0.3, 0.4) is 0 Å². The van der Waals surface area contributed by atoms with Crippen LogP contribution in [-0.4, -0.2) is 26.2 Å². The molecule has 4 aliphatic rings. The van der Waals surface area contributed by atoms with Crippen LogP contribution < -0.4 is 5.32 Å². The number of fused-ring (bicyclic) bond motifs is 1. The van der Waals surface area contributed by atoms with Gasteiger partial charge in [-0.2, -0.15) is 0 Å². The molecule has 4 unspecified atom stereocenters. The lowest BCUT2D eigenvalue weighted by atomic mass is 9.42. The molecule has 1 aliphatic heterocycles. The number of aryl methyl sites for hydroxylation is 1. The average molecular weight is 361 g/mol. The van der Waals surface area contributed by atoms with Gasteiger partial charge in [-0.25, -0.2) is 0 Å². The summed E-state index contributed by atoms with van der Waals surface area (Å²) in [4.78, 5) is 13.2. The molecule has 0 spiro atoms. The third-order valence-corrected chi connectivity index (χ3v) is 7.69. The van der Waals surface area contributed by atoms with Gasteiger partial charge in [0.25, 0.3) is 0 Å². The highest BCUT2D eigenvalue weighted by Gasteiger charge is 2.69. The van der Waals surface area contributed by atoms with E-state index >= 15 is 0 Å². The number of rotatable bonds is 3. The zero-order chi connectivity index (χ0) is 18.6. The van der Waals surface area contributed by atoms with Crippen molar-refractivity contribution in [2.75, 3.05) is 20.2 Å². The summed E-state index contributed by atoms with van der Waals surface area (Å²) in [5.74, 6) is 0.447. The summed E-state index contributed by atoms with van der Waals surface area (Å²) in [5, 5.41) is 3.57. The van der Waals surface area contributed by atoms with E-state index in [1.165, 1.54) is 22.3 Å². The van der Waals surface area contributed by atoms with Crippen molar-refractivity contribution in [2.45, 2.75) is 37.5 Å². The van der Waals surface area contributed by atoms with Crippen molar-refractivity contribution >= 4 is 5.97 Å². The first-order valence-corrected chi connectivity index (χ1v) is 10.2. The van der Waals surface area contributed by atoms with E-state index in [-0.39, 0.29) is 23.2 Å². The minimum Gasteiger partial charge on any atom is -0.469 e. The van der Waals surface area contributed by atoms with Crippen LogP contribution in [0.2, 0.25) is 0 Å². The summed E-state index contributed by atoms with van der Waals surface area (Å²) in [7, 11) is 1.55. The molecule has 0 amide bonds. The number of hydrogen-bond acceptors (Lipinski definition) is 3. The summed E-state index contributed by atoms with van der Waals surface area (Å²) >= 11 is 0. The van der Waals surface area contributed by atoms with Crippen LogP contribution in [-0.2, 0) is 21.4 Å². The monoisotopic (exact) mass is 361 g/mol. The van der Waals surface area contributed by atoms with Crippen molar-refractivity contribution in [1.29, 1.82) is 0 Å². The van der Waals surface area contributed by atoms with Crippen LogP contribution >= 0.6 is 0 Å². The molecule has 3 aliphatic carbocycles. The summed E-state index contributed by atoms with van der Waals surface area (Å²) in [6, 6.07) is 18.0. The Labute approximate surface area is 161 Å². The van der Waals surface area contributed by atoms with E-state index in [1.807, 2.05) is 0 Å². The number of benzene rings is 2. The van der Waals surface area contributed by atoms with Crippen LogP contribution in [0.15, 0.2) is 48.5 Å². The fourth-order valence-electron chi connectivity index (χ4n) is 6.56. The molecule has 1 heterocycles. The van der Waals surface area contributed by atoms with Gasteiger partial charge in [0.1, 0.15) is 0 Å². The minimum absolute atomic E-state index is 0.0359. The van der Waals surface area contributed by atoms with E-state index in [4.69, 9.17) is 4.74 Å². The maximum Gasteiger partial charge on any atom is 0.314 e. The Morgan fingerprint density at radius 1 is 1.19 bits per heavy atom. The van der Waals surface area contributed by atoms with Gasteiger partial charge in [-0.1, -0.05) is 55.5 Å². The molecule has 2 fully saturated rings. The van der Waals surface area contributed by atoms with Crippen molar-refractivity contribution in [3.63, 3.8) is 0 Å². The third kappa shape index (κ3) is 1.98. The predicted octanol–water partition coefficient (Wildman–Crippen LogP) is 3.80. The lowest BCUT2D eigenvalue weighted by Crippen LogP contribution is -2.60. The second kappa shape index (κ2) is 5.93. The Morgan fingerprint density at radius 3 is 2.70 bits per heavy atom. The summed E-state index contributed by atoms with van der Waals surface area (Å²) in [6.07, 6.45) is 3.19. The van der Waals surface area contributed by atoms with Crippen LogP contribution in [0.5, 0.6) is 0 Å². The molecule has 0 aromatic heterocycles. The van der Waals surface area contributed by atoms with E-state index in [1.54, 1.807) is 7.11 Å². The van der Waals surface area contributed by atoms with Gasteiger partial charge in [-0.3, -0.25) is 4.79 Å². The highest BCUT2D eigenvalue weighted by atomic mass is 16.5. The molecular formula is C24H27NO2. The van der Waals surface area contributed by atoms with E-state index in [0.717, 1.165) is 32.4 Å².